The molecule has 7 heteroatoms. The zero-order chi connectivity index (χ0) is 21.5. The molecule has 0 unspecified atom stereocenters. The van der Waals surface area contributed by atoms with E-state index in [4.69, 9.17) is 4.98 Å². The third kappa shape index (κ3) is 3.61. The second-order valence-corrected chi connectivity index (χ2v) is 8.56. The Morgan fingerprint density at radius 3 is 2.52 bits per heavy atom. The number of aromatic nitrogens is 5. The fraction of sp³-hybridized carbons (Fsp3) is 0.167. The Hall–Kier alpha value is -3.45. The highest BCUT2D eigenvalue weighted by Crippen LogP contribution is 2.25. The fourth-order valence-corrected chi connectivity index (χ4v) is 4.55. The SMILES string of the molecule is Cc1ccc(-n2c(SCc3cn4c(C)cc(C)nc4n3)nc3ccccc3c2=O)cc1. The average molecular weight is 428 g/mol. The van der Waals surface area contributed by atoms with Crippen LogP contribution in [0.4, 0.5) is 0 Å². The molecule has 0 aliphatic carbocycles. The van der Waals surface area contributed by atoms with Gasteiger partial charge in [-0.1, -0.05) is 41.6 Å². The molecule has 31 heavy (non-hydrogen) atoms. The molecule has 0 bridgehead atoms. The van der Waals surface area contributed by atoms with Gasteiger partial charge in [-0.15, -0.1) is 0 Å². The molecule has 0 spiro atoms. The van der Waals surface area contributed by atoms with Crippen LogP contribution in [0.3, 0.4) is 0 Å². The first-order valence-electron chi connectivity index (χ1n) is 10.0. The smallest absolute Gasteiger partial charge is 0.266 e. The number of aryl methyl sites for hydroxylation is 3. The van der Waals surface area contributed by atoms with Crippen molar-refractivity contribution < 1.29 is 0 Å². The van der Waals surface area contributed by atoms with Crippen LogP contribution < -0.4 is 5.56 Å². The predicted octanol–water partition coefficient (Wildman–Crippen LogP) is 4.65. The van der Waals surface area contributed by atoms with Gasteiger partial charge in [-0.3, -0.25) is 13.8 Å². The van der Waals surface area contributed by atoms with Gasteiger partial charge in [0.1, 0.15) is 0 Å². The van der Waals surface area contributed by atoms with Crippen molar-refractivity contribution in [3.63, 3.8) is 0 Å². The summed E-state index contributed by atoms with van der Waals surface area (Å²) < 4.78 is 3.68. The molecule has 0 fully saturated rings. The summed E-state index contributed by atoms with van der Waals surface area (Å²) in [5.74, 6) is 1.27. The highest BCUT2D eigenvalue weighted by Gasteiger charge is 2.14. The third-order valence-corrected chi connectivity index (χ3v) is 6.17. The molecule has 0 radical (unpaired) electrons. The molecular weight excluding hydrogens is 406 g/mol. The number of benzene rings is 2. The zero-order valence-electron chi connectivity index (χ0n) is 17.5. The van der Waals surface area contributed by atoms with Gasteiger partial charge < -0.3 is 0 Å². The molecule has 0 amide bonds. The Morgan fingerprint density at radius 1 is 0.935 bits per heavy atom. The van der Waals surface area contributed by atoms with Gasteiger partial charge in [0.2, 0.25) is 5.78 Å². The first-order valence-corrected chi connectivity index (χ1v) is 11.0. The first kappa shape index (κ1) is 19.5. The summed E-state index contributed by atoms with van der Waals surface area (Å²) in [7, 11) is 0. The maximum Gasteiger partial charge on any atom is 0.266 e. The van der Waals surface area contributed by atoms with Crippen LogP contribution in [0.5, 0.6) is 0 Å². The van der Waals surface area contributed by atoms with Crippen LogP contribution >= 0.6 is 11.8 Å². The minimum atomic E-state index is -0.0694. The summed E-state index contributed by atoms with van der Waals surface area (Å²) in [4.78, 5) is 27.3. The van der Waals surface area contributed by atoms with Crippen molar-refractivity contribution in [3.05, 3.63) is 93.8 Å². The molecule has 3 heterocycles. The first-order chi connectivity index (χ1) is 15.0. The van der Waals surface area contributed by atoms with Crippen molar-refractivity contribution in [1.82, 2.24) is 23.9 Å². The largest absolute Gasteiger partial charge is 0.288 e. The molecule has 0 saturated heterocycles. The van der Waals surface area contributed by atoms with Crippen molar-refractivity contribution in [2.75, 3.05) is 0 Å². The van der Waals surface area contributed by atoms with Gasteiger partial charge in [-0.05, 0) is 51.1 Å². The normalized spacial score (nSPS) is 11.5. The van der Waals surface area contributed by atoms with Crippen LogP contribution in [0.15, 0.2) is 70.7 Å². The summed E-state index contributed by atoms with van der Waals surface area (Å²) in [5.41, 5.74) is 5.50. The van der Waals surface area contributed by atoms with E-state index in [1.807, 2.05) is 86.0 Å². The number of rotatable bonds is 4. The maximum absolute atomic E-state index is 13.3. The van der Waals surface area contributed by atoms with E-state index >= 15 is 0 Å². The van der Waals surface area contributed by atoms with Gasteiger partial charge >= 0.3 is 0 Å². The number of thioether (sulfide) groups is 1. The molecule has 0 aliphatic rings. The van der Waals surface area contributed by atoms with E-state index in [-0.39, 0.29) is 5.56 Å². The highest BCUT2D eigenvalue weighted by atomic mass is 32.2. The lowest BCUT2D eigenvalue weighted by Crippen LogP contribution is -2.21. The van der Waals surface area contributed by atoms with Gasteiger partial charge in [-0.25, -0.2) is 15.0 Å². The molecule has 0 aliphatic heterocycles. The standard InChI is InChI=1S/C24H21N5OS/c1-15-8-10-19(11-9-15)29-22(30)20-6-4-5-7-21(20)27-24(29)31-14-18-13-28-17(3)12-16(2)25-23(28)26-18/h4-13H,14H2,1-3H3. The molecule has 3 aromatic heterocycles. The van der Waals surface area contributed by atoms with Crippen LogP contribution in [0, 0.1) is 20.8 Å². The van der Waals surface area contributed by atoms with E-state index in [1.54, 1.807) is 4.57 Å². The molecule has 0 saturated carbocycles. The summed E-state index contributed by atoms with van der Waals surface area (Å²) >= 11 is 1.50. The quantitative estimate of drug-likeness (QED) is 0.309. The highest BCUT2D eigenvalue weighted by molar-refractivity contribution is 7.98. The molecular formula is C24H21N5OS. The summed E-state index contributed by atoms with van der Waals surface area (Å²) in [6.07, 6.45) is 2.00. The van der Waals surface area contributed by atoms with Crippen molar-refractivity contribution in [2.45, 2.75) is 31.7 Å². The van der Waals surface area contributed by atoms with E-state index in [1.165, 1.54) is 11.8 Å². The minimum absolute atomic E-state index is 0.0694. The third-order valence-electron chi connectivity index (χ3n) is 5.20. The number of hydrogen-bond acceptors (Lipinski definition) is 5. The number of nitrogens with zero attached hydrogens (tertiary/aromatic N) is 5. The van der Waals surface area contributed by atoms with Crippen molar-refractivity contribution in [1.29, 1.82) is 0 Å². The molecule has 5 aromatic rings. The van der Waals surface area contributed by atoms with Crippen LogP contribution in [0.1, 0.15) is 22.6 Å². The fourth-order valence-electron chi connectivity index (χ4n) is 3.66. The van der Waals surface area contributed by atoms with Crippen LogP contribution in [-0.4, -0.2) is 23.9 Å². The molecule has 154 valence electrons. The lowest BCUT2D eigenvalue weighted by Gasteiger charge is -2.13. The van der Waals surface area contributed by atoms with Gasteiger partial charge in [0.15, 0.2) is 5.16 Å². The molecule has 6 nitrogen and oxygen atoms in total. The summed E-state index contributed by atoms with van der Waals surface area (Å²) in [6.45, 7) is 6.04. The van der Waals surface area contributed by atoms with Crippen molar-refractivity contribution >= 4 is 28.4 Å². The van der Waals surface area contributed by atoms with Crippen LogP contribution in [0.25, 0.3) is 22.4 Å². The number of imidazole rings is 1. The second-order valence-electron chi connectivity index (χ2n) is 7.62. The van der Waals surface area contributed by atoms with Gasteiger partial charge in [-0.2, -0.15) is 0 Å². The molecule has 2 aromatic carbocycles. The number of para-hydroxylation sites is 1. The monoisotopic (exact) mass is 427 g/mol. The summed E-state index contributed by atoms with van der Waals surface area (Å²) in [5, 5.41) is 1.25. The Morgan fingerprint density at radius 2 is 1.71 bits per heavy atom. The lowest BCUT2D eigenvalue weighted by atomic mass is 10.2. The Bertz CT molecular complexity index is 1480. The maximum atomic E-state index is 13.3. The summed E-state index contributed by atoms with van der Waals surface area (Å²) in [6, 6.07) is 17.4. The van der Waals surface area contributed by atoms with Crippen molar-refractivity contribution in [2.24, 2.45) is 0 Å². The Balaban J connectivity index is 1.59. The van der Waals surface area contributed by atoms with E-state index < -0.39 is 0 Å². The van der Waals surface area contributed by atoms with Crippen LogP contribution in [0.2, 0.25) is 0 Å². The second kappa shape index (κ2) is 7.67. The topological polar surface area (TPSA) is 65.1 Å². The van der Waals surface area contributed by atoms with E-state index in [0.29, 0.717) is 27.6 Å². The molecule has 5 rings (SSSR count). The Labute approximate surface area is 183 Å². The zero-order valence-corrected chi connectivity index (χ0v) is 18.3. The average Bonchev–Trinajstić information content (AvgIpc) is 3.17. The van der Waals surface area contributed by atoms with E-state index in [0.717, 1.165) is 28.3 Å². The molecule has 0 atom stereocenters. The van der Waals surface area contributed by atoms with E-state index in [2.05, 4.69) is 9.97 Å². The van der Waals surface area contributed by atoms with Gasteiger partial charge in [0, 0.05) is 23.3 Å². The lowest BCUT2D eigenvalue weighted by molar-refractivity contribution is 0.819. The Kier molecular flexibility index (Phi) is 4.82. The number of fused-ring (bicyclic) bond motifs is 2. The predicted molar refractivity (Wildman–Crippen MR) is 124 cm³/mol. The van der Waals surface area contributed by atoms with Gasteiger partial charge in [0.05, 0.1) is 22.3 Å². The van der Waals surface area contributed by atoms with Crippen molar-refractivity contribution in [3.8, 4) is 5.69 Å². The van der Waals surface area contributed by atoms with Gasteiger partial charge in [0.25, 0.3) is 5.56 Å². The van der Waals surface area contributed by atoms with E-state index in [9.17, 15) is 4.79 Å². The molecule has 0 N–H and O–H groups in total. The number of hydrogen-bond donors (Lipinski definition) is 0. The minimum Gasteiger partial charge on any atom is -0.288 e. The van der Waals surface area contributed by atoms with Crippen LogP contribution in [-0.2, 0) is 5.75 Å².